The van der Waals surface area contributed by atoms with Gasteiger partial charge in [-0.3, -0.25) is 9.59 Å². The molecule has 4 fully saturated rings. The number of hydrogen-bond donors (Lipinski definition) is 0. The predicted octanol–water partition coefficient (Wildman–Crippen LogP) is 6.04. The van der Waals surface area contributed by atoms with Gasteiger partial charge >= 0.3 is 5.97 Å². The van der Waals surface area contributed by atoms with Crippen LogP contribution < -0.4 is 0 Å². The van der Waals surface area contributed by atoms with E-state index in [0.717, 1.165) is 56.7 Å². The molecule has 5 heteroatoms. The summed E-state index contributed by atoms with van der Waals surface area (Å²) in [5.74, 6) is 4.31. The van der Waals surface area contributed by atoms with Crippen LogP contribution in [0.15, 0.2) is 23.0 Å². The van der Waals surface area contributed by atoms with Gasteiger partial charge in [-0.2, -0.15) is 0 Å². The van der Waals surface area contributed by atoms with Crippen molar-refractivity contribution >= 4 is 11.9 Å². The van der Waals surface area contributed by atoms with Gasteiger partial charge in [0.25, 0.3) is 0 Å². The van der Waals surface area contributed by atoms with E-state index in [9.17, 15) is 9.59 Å². The minimum atomic E-state index is -0.148. The number of ether oxygens (including phenoxy) is 2. The summed E-state index contributed by atoms with van der Waals surface area (Å²) in [5, 5.41) is 0. The molecule has 1 saturated heterocycles. The van der Waals surface area contributed by atoms with E-state index in [-0.39, 0.29) is 41.0 Å². The van der Waals surface area contributed by atoms with Gasteiger partial charge in [0.05, 0.1) is 6.04 Å². The van der Waals surface area contributed by atoms with Crippen molar-refractivity contribution in [3.63, 3.8) is 0 Å². The van der Waals surface area contributed by atoms with Crippen LogP contribution in [-0.2, 0) is 19.1 Å². The van der Waals surface area contributed by atoms with Crippen molar-refractivity contribution in [1.29, 1.82) is 0 Å². The maximum atomic E-state index is 12.4. The lowest BCUT2D eigenvalue weighted by molar-refractivity contribution is -0.148. The Hall–Kier alpha value is -1.78. The van der Waals surface area contributed by atoms with Crippen LogP contribution >= 0.6 is 0 Å². The summed E-state index contributed by atoms with van der Waals surface area (Å²) in [6, 6.07) is 0.132. The Labute approximate surface area is 217 Å². The van der Waals surface area contributed by atoms with Crippen LogP contribution in [0.1, 0.15) is 92.9 Å². The highest BCUT2D eigenvalue weighted by atomic mass is 16.5. The van der Waals surface area contributed by atoms with Crippen molar-refractivity contribution in [3.8, 4) is 0 Å². The Kier molecular flexibility index (Phi) is 5.70. The van der Waals surface area contributed by atoms with Crippen molar-refractivity contribution in [3.05, 3.63) is 23.0 Å². The summed E-state index contributed by atoms with van der Waals surface area (Å²) < 4.78 is 12.5. The summed E-state index contributed by atoms with van der Waals surface area (Å²) in [4.78, 5) is 26.0. The van der Waals surface area contributed by atoms with Crippen molar-refractivity contribution in [1.82, 2.24) is 4.90 Å². The average Bonchev–Trinajstić information content (AvgIpc) is 3.44. The molecule has 6 rings (SSSR count). The van der Waals surface area contributed by atoms with Gasteiger partial charge in [0.1, 0.15) is 18.0 Å². The quantitative estimate of drug-likeness (QED) is 0.346. The number of likely N-dealkylation sites (tertiary alicyclic amines) is 1. The smallest absolute Gasteiger partial charge is 0.302 e. The Morgan fingerprint density at radius 2 is 1.89 bits per heavy atom. The SMILES string of the molecule is CC(=O)O[C@@H]1CC[C@@]2(C)C(=CC[C@H]3[C@H]2CC[C@@]2(C)[C@H]3C[C@@H]3OC([C@H]4C[C@H](C)CN4C(C)=O)=C(C)[C@@H]32)C1. The number of hydrogen-bond acceptors (Lipinski definition) is 4. The molecule has 5 nitrogen and oxygen atoms in total. The number of nitrogens with zero attached hydrogens (tertiary/aromatic N) is 1. The summed E-state index contributed by atoms with van der Waals surface area (Å²) in [6.45, 7) is 13.7. The molecule has 4 aliphatic carbocycles. The third kappa shape index (κ3) is 3.46. The molecule has 1 amide bonds. The van der Waals surface area contributed by atoms with E-state index < -0.39 is 0 Å². The molecule has 6 aliphatic rings. The molecule has 0 spiro atoms. The second-order valence-corrected chi connectivity index (χ2v) is 13.7. The summed E-state index contributed by atoms with van der Waals surface area (Å²) >= 11 is 0. The van der Waals surface area contributed by atoms with Crippen molar-refractivity contribution in [2.75, 3.05) is 6.54 Å². The van der Waals surface area contributed by atoms with Crippen LogP contribution in [0.2, 0.25) is 0 Å². The maximum Gasteiger partial charge on any atom is 0.302 e. The fraction of sp³-hybridized carbons (Fsp3) is 0.806. The van der Waals surface area contributed by atoms with Crippen molar-refractivity contribution in [2.24, 2.45) is 40.4 Å². The number of allylic oxidation sites excluding steroid dienone is 1. The van der Waals surface area contributed by atoms with E-state index in [4.69, 9.17) is 9.47 Å². The Balaban J connectivity index is 1.25. The molecule has 0 unspecified atom stereocenters. The number of carbonyl (C=O) groups excluding carboxylic acids is 2. The molecule has 198 valence electrons. The van der Waals surface area contributed by atoms with Crippen LogP contribution in [-0.4, -0.2) is 41.6 Å². The van der Waals surface area contributed by atoms with Crippen LogP contribution in [0.3, 0.4) is 0 Å². The van der Waals surface area contributed by atoms with E-state index >= 15 is 0 Å². The highest BCUT2D eigenvalue weighted by Crippen LogP contribution is 2.69. The lowest BCUT2D eigenvalue weighted by atomic mass is 9.47. The number of fused-ring (bicyclic) bond motifs is 7. The van der Waals surface area contributed by atoms with Gasteiger partial charge < -0.3 is 14.4 Å². The van der Waals surface area contributed by atoms with E-state index in [1.807, 2.05) is 0 Å². The Morgan fingerprint density at radius 1 is 1.11 bits per heavy atom. The molecule has 10 atom stereocenters. The fourth-order valence-electron chi connectivity index (χ4n) is 10.2. The third-order valence-electron chi connectivity index (χ3n) is 11.7. The van der Waals surface area contributed by atoms with Crippen LogP contribution in [0.4, 0.5) is 0 Å². The maximum absolute atomic E-state index is 12.4. The summed E-state index contributed by atoms with van der Waals surface area (Å²) in [5.41, 5.74) is 3.52. The number of rotatable bonds is 2. The Bertz CT molecular complexity index is 1030. The molecule has 2 aliphatic heterocycles. The summed E-state index contributed by atoms with van der Waals surface area (Å²) in [7, 11) is 0. The summed E-state index contributed by atoms with van der Waals surface area (Å²) in [6.07, 6.45) is 11.8. The van der Waals surface area contributed by atoms with Gasteiger partial charge in [-0.1, -0.05) is 32.4 Å². The zero-order valence-electron chi connectivity index (χ0n) is 23.1. The van der Waals surface area contributed by atoms with Crippen molar-refractivity contribution in [2.45, 2.75) is 111 Å². The topological polar surface area (TPSA) is 55.8 Å². The molecule has 0 aromatic rings. The number of amides is 1. The number of esters is 1. The molecular formula is C31H45NO4. The molecule has 2 heterocycles. The third-order valence-corrected chi connectivity index (χ3v) is 11.7. The lowest BCUT2D eigenvalue weighted by Crippen LogP contribution is -2.50. The molecular weight excluding hydrogens is 450 g/mol. The second-order valence-electron chi connectivity index (χ2n) is 13.7. The van der Waals surface area contributed by atoms with E-state index in [2.05, 4.69) is 38.7 Å². The zero-order chi connectivity index (χ0) is 25.6. The van der Waals surface area contributed by atoms with Crippen molar-refractivity contribution < 1.29 is 19.1 Å². The monoisotopic (exact) mass is 495 g/mol. The minimum absolute atomic E-state index is 0.0607. The fourth-order valence-corrected chi connectivity index (χ4v) is 10.2. The highest BCUT2D eigenvalue weighted by Gasteiger charge is 2.64. The molecule has 0 radical (unpaired) electrons. The normalized spacial score (nSPS) is 47.4. The predicted molar refractivity (Wildman–Crippen MR) is 139 cm³/mol. The first-order chi connectivity index (χ1) is 17.0. The van der Waals surface area contributed by atoms with Gasteiger partial charge in [0.15, 0.2) is 0 Å². The van der Waals surface area contributed by atoms with E-state index in [1.54, 1.807) is 12.5 Å². The minimum Gasteiger partial charge on any atom is -0.492 e. The van der Waals surface area contributed by atoms with Gasteiger partial charge in [-0.15, -0.1) is 0 Å². The standard InChI is InChI=1S/C31H45NO4/c1-17-13-26(32(16-17)19(3)33)29-18(2)28-27(36-29)15-25-23-8-7-21-14-22(35-20(4)34)9-11-30(21,5)24(23)10-12-31(25,28)6/h7,17,22-28H,8-16H2,1-6H3/t17-,22+,23-,24+,25-,26+,27-,28-,30-,31-/m0/s1. The van der Waals surface area contributed by atoms with Gasteiger partial charge in [-0.25, -0.2) is 0 Å². The largest absolute Gasteiger partial charge is 0.492 e. The lowest BCUT2D eigenvalue weighted by Gasteiger charge is -2.58. The van der Waals surface area contributed by atoms with Gasteiger partial charge in [-0.05, 0) is 91.9 Å². The Morgan fingerprint density at radius 3 is 2.61 bits per heavy atom. The van der Waals surface area contributed by atoms with Crippen LogP contribution in [0.25, 0.3) is 0 Å². The van der Waals surface area contributed by atoms with E-state index in [0.29, 0.717) is 23.7 Å². The van der Waals surface area contributed by atoms with Crippen LogP contribution in [0.5, 0.6) is 0 Å². The average molecular weight is 496 g/mol. The first-order valence-electron chi connectivity index (χ1n) is 14.5. The van der Waals surface area contributed by atoms with Gasteiger partial charge in [0.2, 0.25) is 5.91 Å². The van der Waals surface area contributed by atoms with Crippen LogP contribution in [0, 0.1) is 40.4 Å². The van der Waals surface area contributed by atoms with E-state index in [1.165, 1.54) is 25.3 Å². The second kappa shape index (κ2) is 8.36. The molecule has 0 aromatic carbocycles. The molecule has 3 saturated carbocycles. The number of carbonyl (C=O) groups is 2. The first-order valence-corrected chi connectivity index (χ1v) is 14.5. The van der Waals surface area contributed by atoms with Gasteiger partial charge in [0, 0.05) is 32.7 Å². The first kappa shape index (κ1) is 24.6. The highest BCUT2D eigenvalue weighted by molar-refractivity contribution is 5.74. The molecule has 0 aromatic heterocycles. The zero-order valence-corrected chi connectivity index (χ0v) is 23.1. The molecule has 36 heavy (non-hydrogen) atoms. The molecule has 0 bridgehead atoms. The molecule has 0 N–H and O–H groups in total.